The van der Waals surface area contributed by atoms with Gasteiger partial charge in [-0.1, -0.05) is 0 Å². The highest BCUT2D eigenvalue weighted by Gasteiger charge is 2.20. The molecule has 1 saturated heterocycles. The van der Waals surface area contributed by atoms with E-state index in [0.717, 1.165) is 74.6 Å². The highest BCUT2D eigenvalue weighted by atomic mass is 16.5. The van der Waals surface area contributed by atoms with Crippen molar-refractivity contribution in [2.75, 3.05) is 64.5 Å². The zero-order chi connectivity index (χ0) is 21.8. The smallest absolute Gasteiger partial charge is 0.195 e. The van der Waals surface area contributed by atoms with Gasteiger partial charge >= 0.3 is 0 Å². The predicted molar refractivity (Wildman–Crippen MR) is 129 cm³/mol. The number of hydrogen-bond donors (Lipinski definition) is 2. The predicted octanol–water partition coefficient (Wildman–Crippen LogP) is 3.90. The van der Waals surface area contributed by atoms with Crippen molar-refractivity contribution < 1.29 is 14.2 Å². The summed E-state index contributed by atoms with van der Waals surface area (Å²) in [6.07, 6.45) is 9.61. The van der Waals surface area contributed by atoms with Gasteiger partial charge in [-0.2, -0.15) is 0 Å². The van der Waals surface area contributed by atoms with Crippen molar-refractivity contribution in [2.24, 2.45) is 10.9 Å². The van der Waals surface area contributed by atoms with Gasteiger partial charge in [0.1, 0.15) is 0 Å². The minimum Gasteiger partial charge on any atom is -0.490 e. The van der Waals surface area contributed by atoms with Crippen LogP contribution in [0.2, 0.25) is 0 Å². The summed E-state index contributed by atoms with van der Waals surface area (Å²) in [5.41, 5.74) is 0.961. The van der Waals surface area contributed by atoms with Crippen molar-refractivity contribution in [2.45, 2.75) is 51.4 Å². The minimum atomic E-state index is 0.688. The molecule has 1 aromatic rings. The summed E-state index contributed by atoms with van der Waals surface area (Å²) in [6, 6.07) is 6.00. The van der Waals surface area contributed by atoms with Crippen LogP contribution >= 0.6 is 0 Å². The lowest BCUT2D eigenvalue weighted by atomic mass is 10.2. The Balaban J connectivity index is 1.24. The van der Waals surface area contributed by atoms with Gasteiger partial charge in [-0.05, 0) is 82.6 Å². The second kappa shape index (κ2) is 12.9. The molecule has 178 valence electrons. The molecule has 0 unspecified atom stereocenters. The van der Waals surface area contributed by atoms with E-state index >= 15 is 0 Å². The number of rotatable bonds is 12. The molecule has 7 nitrogen and oxygen atoms in total. The summed E-state index contributed by atoms with van der Waals surface area (Å²) in [7, 11) is 0. The fraction of sp³-hybridized carbons (Fsp3) is 0.720. The maximum absolute atomic E-state index is 5.84. The average Bonchev–Trinajstić information content (AvgIpc) is 3.54. The average molecular weight is 445 g/mol. The van der Waals surface area contributed by atoms with E-state index in [1.165, 1.54) is 51.7 Å². The number of benzene rings is 1. The molecule has 7 heteroatoms. The lowest BCUT2D eigenvalue weighted by molar-refractivity contribution is 0.123. The molecule has 0 bridgehead atoms. The summed E-state index contributed by atoms with van der Waals surface area (Å²) in [5, 5.41) is 6.97. The van der Waals surface area contributed by atoms with E-state index in [4.69, 9.17) is 19.2 Å². The molecule has 3 aliphatic rings. The zero-order valence-electron chi connectivity index (χ0n) is 19.4. The van der Waals surface area contributed by atoms with E-state index < -0.39 is 0 Å². The third-order valence-corrected chi connectivity index (χ3v) is 6.17. The number of hydrogen-bond acceptors (Lipinski definition) is 5. The molecular weight excluding hydrogens is 404 g/mol. The van der Waals surface area contributed by atoms with Gasteiger partial charge in [0, 0.05) is 44.5 Å². The van der Waals surface area contributed by atoms with Crippen molar-refractivity contribution in [3.05, 3.63) is 18.2 Å². The summed E-state index contributed by atoms with van der Waals surface area (Å²) in [4.78, 5) is 7.36. The standard InChI is InChI=1S/C25H40N4O3/c1(2-13-29-14-3-4-15-29)11-26-25(27-12-5-16-30-20-21-7-8-21)28-22-9-10-23-24(19-22)32-18-6-17-31-23/h9-10,19,21H,1-8,11-18,20H2,(H2,26,27,28). The number of likely N-dealkylation sites (tertiary alicyclic amines) is 1. The van der Waals surface area contributed by atoms with Crippen LogP contribution in [-0.2, 0) is 4.74 Å². The number of fused-ring (bicyclic) bond motifs is 1. The minimum absolute atomic E-state index is 0.688. The second-order valence-corrected chi connectivity index (χ2v) is 9.12. The maximum Gasteiger partial charge on any atom is 0.195 e. The van der Waals surface area contributed by atoms with Crippen LogP contribution in [0.15, 0.2) is 23.2 Å². The fourth-order valence-electron chi connectivity index (χ4n) is 4.08. The van der Waals surface area contributed by atoms with Gasteiger partial charge in [-0.25, -0.2) is 0 Å². The Kier molecular flexibility index (Phi) is 9.34. The van der Waals surface area contributed by atoms with Crippen LogP contribution in [0.25, 0.3) is 0 Å². The van der Waals surface area contributed by atoms with E-state index in [0.29, 0.717) is 13.2 Å². The Morgan fingerprint density at radius 3 is 2.72 bits per heavy atom. The Hall–Kier alpha value is -1.99. The molecule has 2 N–H and O–H groups in total. The molecule has 0 radical (unpaired) electrons. The first-order valence-corrected chi connectivity index (χ1v) is 12.6. The Morgan fingerprint density at radius 2 is 1.88 bits per heavy atom. The number of ether oxygens (including phenoxy) is 3. The molecule has 1 aromatic carbocycles. The van der Waals surface area contributed by atoms with Crippen LogP contribution in [0.4, 0.5) is 5.69 Å². The van der Waals surface area contributed by atoms with Gasteiger partial charge in [0.2, 0.25) is 0 Å². The van der Waals surface area contributed by atoms with Crippen LogP contribution in [0.5, 0.6) is 11.5 Å². The Bertz CT molecular complexity index is 717. The molecule has 0 spiro atoms. The van der Waals surface area contributed by atoms with Gasteiger partial charge in [-0.3, -0.25) is 4.99 Å². The summed E-state index contributed by atoms with van der Waals surface area (Å²) < 4.78 is 17.3. The largest absolute Gasteiger partial charge is 0.490 e. The lowest BCUT2D eigenvalue weighted by Gasteiger charge is -2.16. The van der Waals surface area contributed by atoms with Crippen LogP contribution in [0.1, 0.15) is 51.4 Å². The van der Waals surface area contributed by atoms with Gasteiger partial charge < -0.3 is 29.7 Å². The number of aliphatic imine (C=N–C) groups is 1. The molecular formula is C25H40N4O3. The highest BCUT2D eigenvalue weighted by Crippen LogP contribution is 2.32. The number of guanidine groups is 1. The Labute approximate surface area is 192 Å². The van der Waals surface area contributed by atoms with Crippen LogP contribution in [-0.4, -0.2) is 70.0 Å². The van der Waals surface area contributed by atoms with E-state index in [-0.39, 0.29) is 0 Å². The van der Waals surface area contributed by atoms with Crippen LogP contribution in [0, 0.1) is 5.92 Å². The van der Waals surface area contributed by atoms with Crippen molar-refractivity contribution in [1.82, 2.24) is 10.2 Å². The van der Waals surface area contributed by atoms with Gasteiger partial charge in [0.05, 0.1) is 13.2 Å². The monoisotopic (exact) mass is 444 g/mol. The molecule has 2 aliphatic heterocycles. The number of anilines is 1. The van der Waals surface area contributed by atoms with Crippen molar-refractivity contribution >= 4 is 11.6 Å². The zero-order valence-corrected chi connectivity index (χ0v) is 19.4. The number of nitrogens with zero attached hydrogens (tertiary/aromatic N) is 2. The van der Waals surface area contributed by atoms with Gasteiger partial charge in [-0.15, -0.1) is 0 Å². The summed E-state index contributed by atoms with van der Waals surface area (Å²) in [6.45, 7) is 8.52. The Morgan fingerprint density at radius 1 is 1.03 bits per heavy atom. The molecule has 0 atom stereocenters. The molecule has 1 saturated carbocycles. The molecule has 1 aliphatic carbocycles. The molecule has 2 heterocycles. The molecule has 0 amide bonds. The molecule has 0 aromatic heterocycles. The van der Waals surface area contributed by atoms with E-state index in [2.05, 4.69) is 15.5 Å². The van der Waals surface area contributed by atoms with Gasteiger partial charge in [0.15, 0.2) is 17.5 Å². The summed E-state index contributed by atoms with van der Waals surface area (Å²) >= 11 is 0. The molecule has 4 rings (SSSR count). The number of nitrogens with one attached hydrogen (secondary N) is 2. The van der Waals surface area contributed by atoms with Crippen LogP contribution < -0.4 is 20.1 Å². The van der Waals surface area contributed by atoms with Crippen molar-refractivity contribution in [3.63, 3.8) is 0 Å². The van der Waals surface area contributed by atoms with Crippen molar-refractivity contribution in [3.8, 4) is 11.5 Å². The first kappa shape index (κ1) is 23.2. The SMILES string of the molecule is c1cc2c(cc1NC(=NCCCOCC1CC1)NCCCCN1CCCC1)OCCCO2. The second-order valence-electron chi connectivity index (χ2n) is 9.12. The first-order valence-electron chi connectivity index (χ1n) is 12.6. The maximum atomic E-state index is 5.84. The molecule has 32 heavy (non-hydrogen) atoms. The quantitative estimate of drug-likeness (QED) is 0.290. The lowest BCUT2D eigenvalue weighted by Crippen LogP contribution is -2.32. The van der Waals surface area contributed by atoms with Crippen molar-refractivity contribution in [1.29, 1.82) is 0 Å². The molecule has 2 fully saturated rings. The van der Waals surface area contributed by atoms with E-state index in [9.17, 15) is 0 Å². The third kappa shape index (κ3) is 8.17. The summed E-state index contributed by atoms with van der Waals surface area (Å²) in [5.74, 6) is 3.25. The third-order valence-electron chi connectivity index (χ3n) is 6.17. The normalized spacial score (nSPS) is 19.1. The first-order chi connectivity index (χ1) is 15.9. The topological polar surface area (TPSA) is 67.4 Å². The van der Waals surface area contributed by atoms with Crippen LogP contribution in [0.3, 0.4) is 0 Å². The van der Waals surface area contributed by atoms with E-state index in [1.807, 2.05) is 18.2 Å². The number of unbranched alkanes of at least 4 members (excludes halogenated alkanes) is 1. The van der Waals surface area contributed by atoms with E-state index in [1.54, 1.807) is 0 Å². The fourth-order valence-corrected chi connectivity index (χ4v) is 4.08. The highest BCUT2D eigenvalue weighted by molar-refractivity contribution is 5.93. The van der Waals surface area contributed by atoms with Gasteiger partial charge in [0.25, 0.3) is 0 Å².